The molecule has 0 N–H and O–H groups in total. The summed E-state index contributed by atoms with van der Waals surface area (Å²) in [6, 6.07) is 27.7. The van der Waals surface area contributed by atoms with E-state index in [0.29, 0.717) is 18.0 Å². The van der Waals surface area contributed by atoms with Gasteiger partial charge in [-0.15, -0.1) is 11.3 Å². The van der Waals surface area contributed by atoms with Gasteiger partial charge in [-0.25, -0.2) is 13.4 Å². The molecule has 5 nitrogen and oxygen atoms in total. The summed E-state index contributed by atoms with van der Waals surface area (Å²) in [6.07, 6.45) is 3.85. The smallest absolute Gasteiger partial charge is 0.243 e. The van der Waals surface area contributed by atoms with Crippen molar-refractivity contribution in [3.05, 3.63) is 101 Å². The van der Waals surface area contributed by atoms with Gasteiger partial charge in [0.15, 0.2) is 4.80 Å². The molecule has 1 aliphatic rings. The van der Waals surface area contributed by atoms with Gasteiger partial charge in [-0.1, -0.05) is 67.1 Å². The number of hydrogen-bond donors (Lipinski definition) is 0. The van der Waals surface area contributed by atoms with Crippen LogP contribution in [-0.4, -0.2) is 30.4 Å². The molecule has 35 heavy (non-hydrogen) atoms. The molecule has 1 aliphatic heterocycles. The number of para-hydroxylation sites is 1. The highest BCUT2D eigenvalue weighted by Crippen LogP contribution is 2.26. The standard InChI is InChI=1S/C28H29N3O2S2/c32-35(33,30-19-8-3-9-20-30)26-16-14-24(15-17-26)27-22-34-28(29-25-12-6-2-7-13-25)31(27)21-18-23-10-4-1-5-11-23/h1-2,4-7,10-17,22H,3,8-9,18-21H2. The average Bonchev–Trinajstić information content (AvgIpc) is 3.31. The molecule has 0 atom stereocenters. The molecular weight excluding hydrogens is 474 g/mol. The summed E-state index contributed by atoms with van der Waals surface area (Å²) in [4.78, 5) is 6.18. The highest BCUT2D eigenvalue weighted by molar-refractivity contribution is 7.89. The average molecular weight is 504 g/mol. The van der Waals surface area contributed by atoms with Crippen molar-refractivity contribution in [1.82, 2.24) is 8.87 Å². The largest absolute Gasteiger partial charge is 0.316 e. The highest BCUT2D eigenvalue weighted by atomic mass is 32.2. The first-order valence-corrected chi connectivity index (χ1v) is 14.4. The van der Waals surface area contributed by atoms with Crippen LogP contribution in [0.3, 0.4) is 0 Å². The van der Waals surface area contributed by atoms with E-state index in [-0.39, 0.29) is 0 Å². The number of sulfonamides is 1. The van der Waals surface area contributed by atoms with Crippen LogP contribution in [0.15, 0.2) is 100 Å². The van der Waals surface area contributed by atoms with E-state index in [2.05, 4.69) is 34.2 Å². The van der Waals surface area contributed by atoms with Crippen LogP contribution in [0.5, 0.6) is 0 Å². The Balaban J connectivity index is 1.48. The van der Waals surface area contributed by atoms with Gasteiger partial charge in [-0.05, 0) is 54.7 Å². The van der Waals surface area contributed by atoms with E-state index in [9.17, 15) is 8.42 Å². The SMILES string of the molecule is O=S(=O)(c1ccc(-c2csc(=Nc3ccccc3)n2CCc2ccccc2)cc1)N1CCCCC1. The third-order valence-electron chi connectivity index (χ3n) is 6.35. The van der Waals surface area contributed by atoms with Crippen LogP contribution < -0.4 is 4.80 Å². The van der Waals surface area contributed by atoms with Crippen LogP contribution in [0.4, 0.5) is 5.69 Å². The molecule has 0 aliphatic carbocycles. The van der Waals surface area contributed by atoms with Gasteiger partial charge in [0.05, 0.1) is 16.3 Å². The number of rotatable bonds is 7. The van der Waals surface area contributed by atoms with Gasteiger partial charge in [-0.2, -0.15) is 4.31 Å². The molecule has 0 bridgehead atoms. The fourth-order valence-corrected chi connectivity index (χ4v) is 6.89. The molecule has 1 saturated heterocycles. The maximum Gasteiger partial charge on any atom is 0.243 e. The zero-order valence-corrected chi connectivity index (χ0v) is 21.2. The van der Waals surface area contributed by atoms with E-state index in [1.807, 2.05) is 48.5 Å². The lowest BCUT2D eigenvalue weighted by Gasteiger charge is -2.25. The van der Waals surface area contributed by atoms with Crippen molar-refractivity contribution in [3.63, 3.8) is 0 Å². The molecule has 0 spiro atoms. The molecule has 1 fully saturated rings. The Bertz CT molecular complexity index is 1420. The molecule has 2 heterocycles. The molecule has 4 aromatic rings. The van der Waals surface area contributed by atoms with Crippen molar-refractivity contribution in [2.45, 2.75) is 37.1 Å². The van der Waals surface area contributed by atoms with Crippen molar-refractivity contribution in [3.8, 4) is 11.3 Å². The second-order valence-corrected chi connectivity index (χ2v) is 11.5. The van der Waals surface area contributed by atoms with Crippen LogP contribution in [0, 0.1) is 0 Å². The van der Waals surface area contributed by atoms with Gasteiger partial charge >= 0.3 is 0 Å². The zero-order valence-electron chi connectivity index (χ0n) is 19.6. The minimum absolute atomic E-state index is 0.364. The fourth-order valence-electron chi connectivity index (χ4n) is 4.42. The van der Waals surface area contributed by atoms with Crippen molar-refractivity contribution < 1.29 is 8.42 Å². The summed E-state index contributed by atoms with van der Waals surface area (Å²) in [5.41, 5.74) is 4.21. The first-order chi connectivity index (χ1) is 17.1. The molecule has 0 unspecified atom stereocenters. The number of aryl methyl sites for hydroxylation is 1. The van der Waals surface area contributed by atoms with Gasteiger partial charge in [-0.3, -0.25) is 0 Å². The quantitative estimate of drug-likeness (QED) is 0.317. The first kappa shape index (κ1) is 23.7. The molecule has 3 aromatic carbocycles. The number of aromatic nitrogens is 1. The summed E-state index contributed by atoms with van der Waals surface area (Å²) >= 11 is 1.60. The number of hydrogen-bond acceptors (Lipinski definition) is 4. The maximum absolute atomic E-state index is 13.1. The summed E-state index contributed by atoms with van der Waals surface area (Å²) in [5, 5.41) is 2.11. The van der Waals surface area contributed by atoms with Crippen LogP contribution in [0.25, 0.3) is 11.3 Å². The molecule has 1 aromatic heterocycles. The second kappa shape index (κ2) is 10.7. The van der Waals surface area contributed by atoms with E-state index in [1.165, 1.54) is 5.56 Å². The molecule has 0 amide bonds. The molecule has 5 rings (SSSR count). The Morgan fingerprint density at radius 1 is 0.800 bits per heavy atom. The van der Waals surface area contributed by atoms with Crippen LogP contribution in [-0.2, 0) is 23.0 Å². The van der Waals surface area contributed by atoms with E-state index in [1.54, 1.807) is 27.8 Å². The fraction of sp³-hybridized carbons (Fsp3) is 0.250. The molecule has 7 heteroatoms. The lowest BCUT2D eigenvalue weighted by atomic mass is 10.1. The number of piperidine rings is 1. The lowest BCUT2D eigenvalue weighted by molar-refractivity contribution is 0.346. The van der Waals surface area contributed by atoms with Crippen molar-refractivity contribution >= 4 is 27.0 Å². The highest BCUT2D eigenvalue weighted by Gasteiger charge is 2.25. The van der Waals surface area contributed by atoms with Gasteiger partial charge in [0.1, 0.15) is 0 Å². The Hall–Kier alpha value is -3.00. The monoisotopic (exact) mass is 503 g/mol. The van der Waals surface area contributed by atoms with Gasteiger partial charge < -0.3 is 4.57 Å². The molecule has 0 saturated carbocycles. The third-order valence-corrected chi connectivity index (χ3v) is 9.12. The second-order valence-electron chi connectivity index (χ2n) is 8.73. The Kier molecular flexibility index (Phi) is 7.27. The van der Waals surface area contributed by atoms with Crippen LogP contribution >= 0.6 is 11.3 Å². The summed E-state index contributed by atoms with van der Waals surface area (Å²) in [6.45, 7) is 2.00. The van der Waals surface area contributed by atoms with Crippen LogP contribution in [0.2, 0.25) is 0 Å². The van der Waals surface area contributed by atoms with E-state index in [4.69, 9.17) is 4.99 Å². The third kappa shape index (κ3) is 5.48. The Labute approximate surface area is 211 Å². The molecule has 0 radical (unpaired) electrons. The van der Waals surface area contributed by atoms with Gasteiger partial charge in [0.25, 0.3) is 0 Å². The Morgan fingerprint density at radius 2 is 1.46 bits per heavy atom. The van der Waals surface area contributed by atoms with E-state index in [0.717, 1.165) is 54.0 Å². The Morgan fingerprint density at radius 3 is 2.14 bits per heavy atom. The predicted molar refractivity (Wildman–Crippen MR) is 142 cm³/mol. The van der Waals surface area contributed by atoms with E-state index < -0.39 is 10.0 Å². The minimum Gasteiger partial charge on any atom is -0.316 e. The zero-order chi connectivity index (χ0) is 24.1. The molecule has 180 valence electrons. The summed E-state index contributed by atoms with van der Waals surface area (Å²) < 4.78 is 30.0. The van der Waals surface area contributed by atoms with Crippen LogP contribution in [0.1, 0.15) is 24.8 Å². The van der Waals surface area contributed by atoms with Gasteiger partial charge in [0.2, 0.25) is 10.0 Å². The number of nitrogens with zero attached hydrogens (tertiary/aromatic N) is 3. The lowest BCUT2D eigenvalue weighted by Crippen LogP contribution is -2.35. The topological polar surface area (TPSA) is 54.7 Å². The van der Waals surface area contributed by atoms with E-state index >= 15 is 0 Å². The number of benzene rings is 3. The predicted octanol–water partition coefficient (Wildman–Crippen LogP) is 5.87. The summed E-state index contributed by atoms with van der Waals surface area (Å²) in [5.74, 6) is 0. The minimum atomic E-state index is -3.44. The normalized spacial score (nSPS) is 15.4. The summed E-state index contributed by atoms with van der Waals surface area (Å²) in [7, 11) is -3.44. The first-order valence-electron chi connectivity index (χ1n) is 12.0. The van der Waals surface area contributed by atoms with Crippen molar-refractivity contribution in [2.75, 3.05) is 13.1 Å². The molecular formula is C28H29N3O2S2. The van der Waals surface area contributed by atoms with Crippen molar-refractivity contribution in [2.24, 2.45) is 4.99 Å². The van der Waals surface area contributed by atoms with Crippen molar-refractivity contribution in [1.29, 1.82) is 0 Å². The number of thiazole rings is 1. The van der Waals surface area contributed by atoms with Gasteiger partial charge in [0, 0.05) is 25.0 Å². The maximum atomic E-state index is 13.1.